The van der Waals surface area contributed by atoms with Crippen molar-refractivity contribution in [1.29, 1.82) is 0 Å². The van der Waals surface area contributed by atoms with E-state index in [0.29, 0.717) is 24.0 Å². The zero-order valence-corrected chi connectivity index (χ0v) is 16.0. The van der Waals surface area contributed by atoms with Crippen molar-refractivity contribution < 1.29 is 14.3 Å². The van der Waals surface area contributed by atoms with Gasteiger partial charge in [-0.15, -0.1) is 0 Å². The van der Waals surface area contributed by atoms with E-state index in [0.717, 1.165) is 22.2 Å². The summed E-state index contributed by atoms with van der Waals surface area (Å²) in [5.41, 5.74) is 2.35. The van der Waals surface area contributed by atoms with Crippen LogP contribution in [0.3, 0.4) is 0 Å². The highest BCUT2D eigenvalue weighted by atomic mass is 16.5. The van der Waals surface area contributed by atoms with Gasteiger partial charge in [-0.25, -0.2) is 9.97 Å². The molecular weight excluding hydrogens is 370 g/mol. The molecule has 0 bridgehead atoms. The summed E-state index contributed by atoms with van der Waals surface area (Å²) in [6.45, 7) is 2.44. The summed E-state index contributed by atoms with van der Waals surface area (Å²) < 4.78 is 10.7. The number of ether oxygens (including phenoxy) is 2. The number of aromatic amines is 1. The molecule has 29 heavy (non-hydrogen) atoms. The molecule has 2 N–H and O–H groups in total. The van der Waals surface area contributed by atoms with E-state index in [-0.39, 0.29) is 11.6 Å². The molecule has 3 aromatic heterocycles. The third kappa shape index (κ3) is 3.86. The Kier molecular flexibility index (Phi) is 5.07. The van der Waals surface area contributed by atoms with Crippen LogP contribution in [0.15, 0.2) is 55.0 Å². The van der Waals surface area contributed by atoms with Crippen molar-refractivity contribution in [3.8, 4) is 22.9 Å². The van der Waals surface area contributed by atoms with E-state index >= 15 is 0 Å². The largest absolute Gasteiger partial charge is 0.496 e. The number of fused-ring (bicyclic) bond motifs is 1. The molecule has 0 atom stereocenters. The first kappa shape index (κ1) is 18.4. The quantitative estimate of drug-likeness (QED) is 0.522. The number of benzene rings is 1. The molecule has 0 fully saturated rings. The highest BCUT2D eigenvalue weighted by Gasteiger charge is 2.13. The van der Waals surface area contributed by atoms with Gasteiger partial charge in [-0.2, -0.15) is 0 Å². The number of hydrogen-bond donors (Lipinski definition) is 2. The minimum absolute atomic E-state index is 0.196. The van der Waals surface area contributed by atoms with Crippen molar-refractivity contribution in [2.75, 3.05) is 19.0 Å². The molecule has 0 unspecified atom stereocenters. The fourth-order valence-corrected chi connectivity index (χ4v) is 2.94. The highest BCUT2D eigenvalue weighted by Crippen LogP contribution is 2.28. The fraction of sp³-hybridized carbons (Fsp3) is 0.143. The zero-order chi connectivity index (χ0) is 20.2. The Morgan fingerprint density at radius 2 is 2.07 bits per heavy atom. The Morgan fingerprint density at radius 3 is 2.83 bits per heavy atom. The van der Waals surface area contributed by atoms with Crippen LogP contribution in [0.2, 0.25) is 0 Å². The number of nitrogens with zero attached hydrogens (tertiary/aromatic N) is 3. The van der Waals surface area contributed by atoms with Gasteiger partial charge in [0.25, 0.3) is 5.91 Å². The normalized spacial score (nSPS) is 10.7. The summed E-state index contributed by atoms with van der Waals surface area (Å²) >= 11 is 0. The summed E-state index contributed by atoms with van der Waals surface area (Å²) in [4.78, 5) is 28.6. The van der Waals surface area contributed by atoms with Gasteiger partial charge in [0.2, 0.25) is 5.88 Å². The lowest BCUT2D eigenvalue weighted by molar-refractivity contribution is 0.102. The number of pyridine rings is 1. The molecule has 8 heteroatoms. The highest BCUT2D eigenvalue weighted by molar-refractivity contribution is 6.04. The van der Waals surface area contributed by atoms with Crippen molar-refractivity contribution in [1.82, 2.24) is 19.9 Å². The third-order valence-corrected chi connectivity index (χ3v) is 4.28. The number of amides is 1. The molecule has 0 spiro atoms. The SMILES string of the molecule is CCOc1ccc(-c2cncc(C(=O)Nc3cc4c(OC)cccc4[nH]3)n2)cn1. The van der Waals surface area contributed by atoms with Crippen molar-refractivity contribution >= 4 is 22.6 Å². The van der Waals surface area contributed by atoms with Crippen LogP contribution in [0.4, 0.5) is 5.82 Å². The van der Waals surface area contributed by atoms with Gasteiger partial charge in [-0.3, -0.25) is 9.78 Å². The maximum Gasteiger partial charge on any atom is 0.276 e. The molecule has 1 aromatic carbocycles. The minimum Gasteiger partial charge on any atom is -0.496 e. The lowest BCUT2D eigenvalue weighted by Crippen LogP contribution is -2.14. The molecular formula is C21H19N5O3. The van der Waals surface area contributed by atoms with E-state index < -0.39 is 0 Å². The fourth-order valence-electron chi connectivity index (χ4n) is 2.94. The van der Waals surface area contributed by atoms with Crippen LogP contribution in [0, 0.1) is 0 Å². The van der Waals surface area contributed by atoms with Crippen LogP contribution in [0.1, 0.15) is 17.4 Å². The van der Waals surface area contributed by atoms with Gasteiger partial charge in [-0.1, -0.05) is 6.07 Å². The van der Waals surface area contributed by atoms with Crippen LogP contribution in [-0.4, -0.2) is 39.6 Å². The lowest BCUT2D eigenvalue weighted by atomic mass is 10.2. The first-order valence-electron chi connectivity index (χ1n) is 9.06. The van der Waals surface area contributed by atoms with Crippen molar-refractivity contribution in [3.63, 3.8) is 0 Å². The summed E-state index contributed by atoms with van der Waals surface area (Å²) in [5, 5.41) is 3.70. The van der Waals surface area contributed by atoms with Crippen molar-refractivity contribution in [2.45, 2.75) is 6.92 Å². The van der Waals surface area contributed by atoms with Gasteiger partial charge in [0, 0.05) is 23.2 Å². The molecule has 3 heterocycles. The molecule has 0 aliphatic heterocycles. The van der Waals surface area contributed by atoms with Crippen LogP contribution in [0.25, 0.3) is 22.2 Å². The van der Waals surface area contributed by atoms with Gasteiger partial charge in [-0.05, 0) is 31.2 Å². The molecule has 1 amide bonds. The van der Waals surface area contributed by atoms with E-state index in [1.807, 2.05) is 37.3 Å². The second-order valence-electron chi connectivity index (χ2n) is 6.17. The Hall–Kier alpha value is -3.94. The molecule has 0 radical (unpaired) electrons. The number of anilines is 1. The summed E-state index contributed by atoms with van der Waals surface area (Å²) in [6.07, 6.45) is 4.65. The monoisotopic (exact) mass is 389 g/mol. The number of rotatable bonds is 6. The molecule has 4 rings (SSSR count). The molecule has 0 aliphatic carbocycles. The number of hydrogen-bond acceptors (Lipinski definition) is 6. The van der Waals surface area contributed by atoms with Gasteiger partial charge >= 0.3 is 0 Å². The zero-order valence-electron chi connectivity index (χ0n) is 16.0. The predicted molar refractivity (Wildman–Crippen MR) is 109 cm³/mol. The average molecular weight is 389 g/mol. The van der Waals surface area contributed by atoms with E-state index in [2.05, 4.69) is 25.3 Å². The number of aromatic nitrogens is 4. The minimum atomic E-state index is -0.372. The lowest BCUT2D eigenvalue weighted by Gasteiger charge is -2.06. The molecule has 0 aliphatic rings. The molecule has 0 saturated heterocycles. The van der Waals surface area contributed by atoms with Gasteiger partial charge in [0.05, 0.1) is 37.3 Å². The van der Waals surface area contributed by atoms with Gasteiger partial charge in [0.1, 0.15) is 17.3 Å². The maximum atomic E-state index is 12.7. The maximum absolute atomic E-state index is 12.7. The topological polar surface area (TPSA) is 102 Å². The predicted octanol–water partition coefficient (Wildman–Crippen LogP) is 3.68. The number of methoxy groups -OCH3 is 1. The van der Waals surface area contributed by atoms with Crippen LogP contribution in [0.5, 0.6) is 11.6 Å². The molecule has 146 valence electrons. The molecule has 0 saturated carbocycles. The average Bonchev–Trinajstić information content (AvgIpc) is 3.17. The number of carbonyl (C=O) groups excluding carboxylic acids is 1. The second kappa shape index (κ2) is 7.97. The van der Waals surface area contributed by atoms with Crippen LogP contribution < -0.4 is 14.8 Å². The summed E-state index contributed by atoms with van der Waals surface area (Å²) in [7, 11) is 1.61. The smallest absolute Gasteiger partial charge is 0.276 e. The Labute approximate surface area is 166 Å². The van der Waals surface area contributed by atoms with E-state index in [1.165, 1.54) is 6.20 Å². The first-order chi connectivity index (χ1) is 14.2. The van der Waals surface area contributed by atoms with Gasteiger partial charge < -0.3 is 19.8 Å². The van der Waals surface area contributed by atoms with E-state index in [1.54, 1.807) is 25.6 Å². The van der Waals surface area contributed by atoms with E-state index in [9.17, 15) is 4.79 Å². The first-order valence-corrected chi connectivity index (χ1v) is 9.06. The number of H-pyrrole nitrogens is 1. The van der Waals surface area contributed by atoms with Crippen LogP contribution >= 0.6 is 0 Å². The Bertz CT molecular complexity index is 1150. The number of nitrogens with one attached hydrogen (secondary N) is 2. The standard InChI is InChI=1S/C21H19N5O3/c1-3-29-20-8-7-13(10-23-20)16-11-22-12-17(24-16)21(27)26-19-9-14-15(25-19)5-4-6-18(14)28-2/h4-12,25H,3H2,1-2H3,(H,26,27). The van der Waals surface area contributed by atoms with Crippen LogP contribution in [-0.2, 0) is 0 Å². The molecule has 8 nitrogen and oxygen atoms in total. The summed E-state index contributed by atoms with van der Waals surface area (Å²) in [5.74, 6) is 1.43. The summed E-state index contributed by atoms with van der Waals surface area (Å²) in [6, 6.07) is 11.1. The second-order valence-corrected chi connectivity index (χ2v) is 6.17. The Morgan fingerprint density at radius 1 is 1.17 bits per heavy atom. The van der Waals surface area contributed by atoms with Crippen molar-refractivity contribution in [3.05, 3.63) is 60.7 Å². The van der Waals surface area contributed by atoms with E-state index in [4.69, 9.17) is 9.47 Å². The van der Waals surface area contributed by atoms with Gasteiger partial charge in [0.15, 0.2) is 0 Å². The van der Waals surface area contributed by atoms with Crippen molar-refractivity contribution in [2.24, 2.45) is 0 Å². The molecule has 4 aromatic rings. The number of carbonyl (C=O) groups is 1. The Balaban J connectivity index is 1.56. The third-order valence-electron chi connectivity index (χ3n) is 4.28.